The molecule has 1 aromatic carbocycles. The minimum atomic E-state index is -4.76. The van der Waals surface area contributed by atoms with Gasteiger partial charge in [0.05, 0.1) is 51.9 Å². The number of alkyl halides is 3. The number of rotatable bonds is 9. The van der Waals surface area contributed by atoms with Crippen LogP contribution < -0.4 is 10.6 Å². The number of Topliss-reactive ketones (excluding diaryl/α,β-unsaturated/α-hetero) is 1. The van der Waals surface area contributed by atoms with Crippen LogP contribution in [-0.4, -0.2) is 37.7 Å². The highest BCUT2D eigenvalue weighted by Crippen LogP contribution is 2.49. The minimum absolute atomic E-state index is 0.0463. The normalized spacial score (nSPS) is 14.1. The van der Waals surface area contributed by atoms with E-state index in [0.717, 1.165) is 12.1 Å². The second-order valence-electron chi connectivity index (χ2n) is 8.42. The van der Waals surface area contributed by atoms with Crippen molar-refractivity contribution in [3.63, 3.8) is 0 Å². The Morgan fingerprint density at radius 3 is 2.31 bits per heavy atom. The molecule has 1 saturated carbocycles. The molecular weight excluding hydrogens is 479 g/mol. The highest BCUT2D eigenvalue weighted by atomic mass is 19.4. The molecule has 2 heterocycles. The number of aromatic nitrogens is 3. The van der Waals surface area contributed by atoms with Gasteiger partial charge < -0.3 is 15.7 Å². The Kier molecular flexibility index (Phi) is 6.69. The number of nitrogens with zero attached hydrogens (tertiary/aromatic N) is 3. The van der Waals surface area contributed by atoms with Gasteiger partial charge in [0.2, 0.25) is 5.91 Å². The first-order valence-corrected chi connectivity index (χ1v) is 10.8. The first-order valence-electron chi connectivity index (χ1n) is 10.8. The molecule has 186 valence electrons. The molecule has 0 radical (unpaired) electrons. The number of carbonyl (C=O) groups is 3. The molecule has 0 spiro atoms. The van der Waals surface area contributed by atoms with Gasteiger partial charge in [-0.25, -0.2) is 14.8 Å². The maximum atomic E-state index is 13.4. The monoisotopic (exact) mass is 499 g/mol. The number of anilines is 2. The summed E-state index contributed by atoms with van der Waals surface area (Å²) < 4.78 is 40.2. The maximum absolute atomic E-state index is 13.4. The lowest BCUT2D eigenvalue weighted by atomic mass is 9.96. The molecule has 1 aliphatic rings. The van der Waals surface area contributed by atoms with E-state index in [-0.39, 0.29) is 36.0 Å². The first kappa shape index (κ1) is 24.8. The Morgan fingerprint density at radius 1 is 1.00 bits per heavy atom. The Hall–Kier alpha value is -4.35. The lowest BCUT2D eigenvalue weighted by Gasteiger charge is -2.16. The standard InChI is InChI=1S/C24H20F3N5O4/c25-24(26,27)18-7-14(21(34)35)1-4-19(18)32-17-3-2-16(30-12-17)11-31-22(36)23(5-6-23)8-20(33)15-9-28-13-29-10-15/h1-4,7,9-10,12-13,32H,5-6,8,11H2,(H,31,36)(H,34,35). The Bertz CT molecular complexity index is 1290. The van der Waals surface area contributed by atoms with Crippen LogP contribution in [0.15, 0.2) is 55.2 Å². The summed E-state index contributed by atoms with van der Waals surface area (Å²) in [5.74, 6) is -1.96. The lowest BCUT2D eigenvalue weighted by Crippen LogP contribution is -2.33. The summed E-state index contributed by atoms with van der Waals surface area (Å²) in [4.78, 5) is 47.9. The molecule has 1 amide bonds. The summed E-state index contributed by atoms with van der Waals surface area (Å²) in [5.41, 5.74) is -1.65. The van der Waals surface area contributed by atoms with Gasteiger partial charge >= 0.3 is 12.1 Å². The Balaban J connectivity index is 1.37. The molecule has 0 atom stereocenters. The maximum Gasteiger partial charge on any atom is 0.418 e. The predicted octanol–water partition coefficient (Wildman–Crippen LogP) is 4.00. The van der Waals surface area contributed by atoms with E-state index in [4.69, 9.17) is 5.11 Å². The number of pyridine rings is 1. The molecule has 0 unspecified atom stereocenters. The van der Waals surface area contributed by atoms with Crippen LogP contribution in [-0.2, 0) is 17.5 Å². The second-order valence-corrected chi connectivity index (χ2v) is 8.42. The third-order valence-electron chi connectivity index (χ3n) is 5.82. The van der Waals surface area contributed by atoms with Crippen LogP contribution in [0.1, 0.15) is 51.2 Å². The number of amides is 1. The van der Waals surface area contributed by atoms with E-state index >= 15 is 0 Å². The van der Waals surface area contributed by atoms with Crippen LogP contribution >= 0.6 is 0 Å². The van der Waals surface area contributed by atoms with Crippen LogP contribution in [0.25, 0.3) is 0 Å². The number of hydrogen-bond donors (Lipinski definition) is 3. The van der Waals surface area contributed by atoms with Gasteiger partial charge in [0.15, 0.2) is 5.78 Å². The number of carboxylic acid groups (broad SMARTS) is 1. The highest BCUT2D eigenvalue weighted by molar-refractivity contribution is 6.00. The van der Waals surface area contributed by atoms with E-state index in [2.05, 4.69) is 25.6 Å². The predicted molar refractivity (Wildman–Crippen MR) is 120 cm³/mol. The van der Waals surface area contributed by atoms with Crippen LogP contribution in [0.4, 0.5) is 24.5 Å². The molecule has 1 fully saturated rings. The van der Waals surface area contributed by atoms with Crippen LogP contribution in [0, 0.1) is 5.41 Å². The zero-order valence-corrected chi connectivity index (χ0v) is 18.7. The fourth-order valence-electron chi connectivity index (χ4n) is 3.63. The third-order valence-corrected chi connectivity index (χ3v) is 5.82. The van der Waals surface area contributed by atoms with E-state index < -0.39 is 28.7 Å². The zero-order valence-electron chi connectivity index (χ0n) is 18.7. The van der Waals surface area contributed by atoms with Crippen LogP contribution in [0.5, 0.6) is 0 Å². The summed E-state index contributed by atoms with van der Waals surface area (Å²) in [5, 5.41) is 14.3. The van der Waals surface area contributed by atoms with E-state index in [9.17, 15) is 27.6 Å². The van der Waals surface area contributed by atoms with Gasteiger partial charge in [-0.3, -0.25) is 14.6 Å². The molecule has 12 heteroatoms. The van der Waals surface area contributed by atoms with E-state index in [0.29, 0.717) is 30.2 Å². The summed E-state index contributed by atoms with van der Waals surface area (Å²) >= 11 is 0. The van der Waals surface area contributed by atoms with Crippen molar-refractivity contribution in [1.29, 1.82) is 0 Å². The molecule has 2 aromatic heterocycles. The largest absolute Gasteiger partial charge is 0.478 e. The third kappa shape index (κ3) is 5.65. The summed E-state index contributed by atoms with van der Waals surface area (Å²) in [6.07, 6.45) is 1.87. The van der Waals surface area contributed by atoms with Crippen molar-refractivity contribution in [3.05, 3.63) is 77.6 Å². The first-order chi connectivity index (χ1) is 17.1. The second kappa shape index (κ2) is 9.72. The molecule has 0 saturated heterocycles. The van der Waals surface area contributed by atoms with Gasteiger partial charge in [0.1, 0.15) is 6.33 Å². The SMILES string of the molecule is O=C(O)c1ccc(Nc2ccc(CNC(=O)C3(CC(=O)c4cncnc4)CC3)nc2)c(C(F)(F)F)c1. The van der Waals surface area contributed by atoms with Crippen molar-refractivity contribution in [2.45, 2.75) is 32.0 Å². The minimum Gasteiger partial charge on any atom is -0.478 e. The van der Waals surface area contributed by atoms with Crippen LogP contribution in [0.2, 0.25) is 0 Å². The van der Waals surface area contributed by atoms with E-state index in [1.807, 2.05) is 0 Å². The van der Waals surface area contributed by atoms with E-state index in [1.165, 1.54) is 37.1 Å². The van der Waals surface area contributed by atoms with Crippen molar-refractivity contribution >= 4 is 29.0 Å². The van der Waals surface area contributed by atoms with Crippen molar-refractivity contribution in [2.24, 2.45) is 5.41 Å². The van der Waals surface area contributed by atoms with Gasteiger partial charge in [-0.05, 0) is 43.2 Å². The number of benzene rings is 1. The topological polar surface area (TPSA) is 134 Å². The molecule has 1 aliphatic carbocycles. The van der Waals surface area contributed by atoms with Gasteiger partial charge in [-0.2, -0.15) is 13.2 Å². The number of carbonyl (C=O) groups excluding carboxylic acids is 2. The molecular formula is C24H20F3N5O4. The van der Waals surface area contributed by atoms with Crippen LogP contribution in [0.3, 0.4) is 0 Å². The number of ketones is 1. The quantitative estimate of drug-likeness (QED) is 0.376. The summed E-state index contributed by atoms with van der Waals surface area (Å²) in [7, 11) is 0. The highest BCUT2D eigenvalue weighted by Gasteiger charge is 2.51. The lowest BCUT2D eigenvalue weighted by molar-refractivity contribution is -0.137. The number of carboxylic acids is 1. The molecule has 0 bridgehead atoms. The van der Waals surface area contributed by atoms with Gasteiger partial charge in [-0.15, -0.1) is 0 Å². The van der Waals surface area contributed by atoms with Gasteiger partial charge in [-0.1, -0.05) is 0 Å². The molecule has 3 N–H and O–H groups in total. The van der Waals surface area contributed by atoms with Crippen molar-refractivity contribution in [3.8, 4) is 0 Å². The molecule has 9 nitrogen and oxygen atoms in total. The molecule has 36 heavy (non-hydrogen) atoms. The van der Waals surface area contributed by atoms with Gasteiger partial charge in [0.25, 0.3) is 0 Å². The van der Waals surface area contributed by atoms with Gasteiger partial charge in [0, 0.05) is 18.8 Å². The average Bonchev–Trinajstić information content (AvgIpc) is 3.64. The average molecular weight is 499 g/mol. The fraction of sp³-hybridized carbons (Fsp3) is 0.250. The Morgan fingerprint density at radius 2 is 1.72 bits per heavy atom. The van der Waals surface area contributed by atoms with Crippen molar-refractivity contribution in [1.82, 2.24) is 20.3 Å². The van der Waals surface area contributed by atoms with Crippen molar-refractivity contribution in [2.75, 3.05) is 5.32 Å². The fourth-order valence-corrected chi connectivity index (χ4v) is 3.63. The molecule has 0 aliphatic heterocycles. The summed E-state index contributed by atoms with van der Waals surface area (Å²) in [6.45, 7) is 0.0740. The number of hydrogen-bond acceptors (Lipinski definition) is 7. The Labute approximate surface area is 202 Å². The number of aromatic carboxylic acids is 1. The number of halogens is 3. The summed E-state index contributed by atoms with van der Waals surface area (Å²) in [6, 6.07) is 5.70. The van der Waals surface area contributed by atoms with Crippen molar-refractivity contribution < 1.29 is 32.7 Å². The smallest absolute Gasteiger partial charge is 0.418 e. The molecule has 4 rings (SSSR count). The molecule has 3 aromatic rings. The van der Waals surface area contributed by atoms with E-state index in [1.54, 1.807) is 0 Å². The zero-order chi connectivity index (χ0) is 25.9. The number of nitrogens with one attached hydrogen (secondary N) is 2.